The number of nitrogens with zero attached hydrogens (tertiary/aromatic N) is 3. The van der Waals surface area contributed by atoms with Crippen LogP contribution in [0.2, 0.25) is 0 Å². The molecule has 0 aliphatic heterocycles. The summed E-state index contributed by atoms with van der Waals surface area (Å²) in [7, 11) is 0. The fourth-order valence-electron chi connectivity index (χ4n) is 1.75. The van der Waals surface area contributed by atoms with Crippen molar-refractivity contribution in [1.82, 2.24) is 20.3 Å². The van der Waals surface area contributed by atoms with E-state index in [4.69, 9.17) is 0 Å². The highest BCUT2D eigenvalue weighted by atomic mass is 32.1. The largest absolute Gasteiger partial charge is 0.311 e. The van der Waals surface area contributed by atoms with Crippen LogP contribution in [-0.2, 0) is 19.5 Å². The van der Waals surface area contributed by atoms with E-state index >= 15 is 0 Å². The Balaban J connectivity index is 1.89. The number of thiophene rings is 1. The van der Waals surface area contributed by atoms with E-state index in [0.717, 1.165) is 38.2 Å². The molecule has 0 saturated heterocycles. The van der Waals surface area contributed by atoms with Crippen LogP contribution in [0.4, 0.5) is 0 Å². The van der Waals surface area contributed by atoms with Crippen LogP contribution >= 0.6 is 11.3 Å². The number of hydrogen-bond donors (Lipinski definition) is 1. The van der Waals surface area contributed by atoms with Gasteiger partial charge >= 0.3 is 0 Å². The molecule has 18 heavy (non-hydrogen) atoms. The van der Waals surface area contributed by atoms with Crippen molar-refractivity contribution in [3.63, 3.8) is 0 Å². The highest BCUT2D eigenvalue weighted by molar-refractivity contribution is 7.11. The number of nitrogens with one attached hydrogen (secondary N) is 1. The van der Waals surface area contributed by atoms with Crippen molar-refractivity contribution in [2.75, 3.05) is 6.54 Å². The zero-order valence-corrected chi connectivity index (χ0v) is 11.8. The molecule has 0 atom stereocenters. The molecule has 1 N–H and O–H groups in total. The summed E-state index contributed by atoms with van der Waals surface area (Å²) in [5.74, 6) is 0. The highest BCUT2D eigenvalue weighted by Crippen LogP contribution is 2.17. The van der Waals surface area contributed by atoms with Crippen molar-refractivity contribution in [3.05, 3.63) is 33.8 Å². The summed E-state index contributed by atoms with van der Waals surface area (Å²) in [5.41, 5.74) is 1.01. The minimum atomic E-state index is 0.804. The van der Waals surface area contributed by atoms with Gasteiger partial charge < -0.3 is 5.32 Å². The lowest BCUT2D eigenvalue weighted by Gasteiger charge is -1.98. The van der Waals surface area contributed by atoms with E-state index in [1.807, 2.05) is 22.2 Å². The van der Waals surface area contributed by atoms with Crippen molar-refractivity contribution < 1.29 is 0 Å². The normalized spacial score (nSPS) is 11.0. The summed E-state index contributed by atoms with van der Waals surface area (Å²) in [5, 5.41) is 11.7. The maximum atomic E-state index is 4.17. The van der Waals surface area contributed by atoms with Gasteiger partial charge in [-0.25, -0.2) is 4.68 Å². The second-order valence-electron chi connectivity index (χ2n) is 4.31. The number of rotatable bonds is 7. The van der Waals surface area contributed by atoms with Gasteiger partial charge in [-0.05, 0) is 31.5 Å². The zero-order valence-electron chi connectivity index (χ0n) is 11.0. The predicted octanol–water partition coefficient (Wildman–Crippen LogP) is 2.45. The molecule has 0 fully saturated rings. The van der Waals surface area contributed by atoms with Crippen LogP contribution in [0.1, 0.15) is 35.7 Å². The van der Waals surface area contributed by atoms with Crippen LogP contribution in [0.5, 0.6) is 0 Å². The van der Waals surface area contributed by atoms with Crippen LogP contribution in [0.3, 0.4) is 0 Å². The van der Waals surface area contributed by atoms with E-state index in [0.29, 0.717) is 0 Å². The molecule has 0 aliphatic carbocycles. The van der Waals surface area contributed by atoms with Gasteiger partial charge in [0.05, 0.1) is 18.4 Å². The van der Waals surface area contributed by atoms with E-state index < -0.39 is 0 Å². The Hall–Kier alpha value is -1.20. The Morgan fingerprint density at radius 3 is 2.83 bits per heavy atom. The lowest BCUT2D eigenvalue weighted by Crippen LogP contribution is -2.13. The summed E-state index contributed by atoms with van der Waals surface area (Å²) in [6, 6.07) is 4.38. The molecule has 0 unspecified atom stereocenters. The SMILES string of the molecule is CCCNCc1cn(Cc2ccc(CC)s2)nn1. The van der Waals surface area contributed by atoms with Crippen LogP contribution in [-0.4, -0.2) is 21.5 Å². The summed E-state index contributed by atoms with van der Waals surface area (Å²) < 4.78 is 1.91. The van der Waals surface area contributed by atoms with Gasteiger partial charge in [0.15, 0.2) is 0 Å². The molecule has 0 radical (unpaired) electrons. The maximum absolute atomic E-state index is 4.17. The fourth-order valence-corrected chi connectivity index (χ4v) is 2.70. The molecule has 2 aromatic heterocycles. The Bertz CT molecular complexity index is 475. The Kier molecular flexibility index (Phi) is 4.90. The predicted molar refractivity (Wildman–Crippen MR) is 74.8 cm³/mol. The first-order valence-corrected chi connectivity index (χ1v) is 7.30. The van der Waals surface area contributed by atoms with Crippen molar-refractivity contribution in [1.29, 1.82) is 0 Å². The van der Waals surface area contributed by atoms with E-state index in [1.54, 1.807) is 0 Å². The molecule has 2 heterocycles. The lowest BCUT2D eigenvalue weighted by atomic mass is 10.3. The average Bonchev–Trinajstić information content (AvgIpc) is 3.00. The smallest absolute Gasteiger partial charge is 0.0964 e. The van der Waals surface area contributed by atoms with Crippen molar-refractivity contribution >= 4 is 11.3 Å². The Morgan fingerprint density at radius 1 is 1.28 bits per heavy atom. The van der Waals surface area contributed by atoms with Gasteiger partial charge in [-0.2, -0.15) is 0 Å². The van der Waals surface area contributed by atoms with Crippen LogP contribution in [0, 0.1) is 0 Å². The van der Waals surface area contributed by atoms with E-state index in [-0.39, 0.29) is 0 Å². The molecule has 0 bridgehead atoms. The van der Waals surface area contributed by atoms with Gasteiger partial charge in [0.1, 0.15) is 0 Å². The second-order valence-corrected chi connectivity index (χ2v) is 5.56. The quantitative estimate of drug-likeness (QED) is 0.781. The lowest BCUT2D eigenvalue weighted by molar-refractivity contribution is 0.649. The summed E-state index contributed by atoms with van der Waals surface area (Å²) in [4.78, 5) is 2.76. The van der Waals surface area contributed by atoms with E-state index in [2.05, 4.69) is 41.6 Å². The molecule has 2 rings (SSSR count). The molecule has 0 aliphatic rings. The topological polar surface area (TPSA) is 42.7 Å². The summed E-state index contributed by atoms with van der Waals surface area (Å²) in [6.45, 7) is 7.00. The first-order chi connectivity index (χ1) is 8.81. The molecule has 2 aromatic rings. The molecular formula is C13H20N4S. The van der Waals surface area contributed by atoms with Crippen molar-refractivity contribution in [3.8, 4) is 0 Å². The van der Waals surface area contributed by atoms with Gasteiger partial charge in [-0.15, -0.1) is 16.4 Å². The monoisotopic (exact) mass is 264 g/mol. The first-order valence-electron chi connectivity index (χ1n) is 6.49. The van der Waals surface area contributed by atoms with E-state index in [1.165, 1.54) is 9.75 Å². The van der Waals surface area contributed by atoms with E-state index in [9.17, 15) is 0 Å². The standard InChI is InChI=1S/C13H20N4S/c1-3-7-14-8-11-9-17(16-15-11)10-13-6-5-12(4-2)18-13/h5-6,9,14H,3-4,7-8,10H2,1-2H3. The average molecular weight is 264 g/mol. The number of aryl methyl sites for hydroxylation is 1. The molecule has 0 aromatic carbocycles. The highest BCUT2D eigenvalue weighted by Gasteiger charge is 2.03. The summed E-state index contributed by atoms with van der Waals surface area (Å²) >= 11 is 1.85. The number of aromatic nitrogens is 3. The minimum Gasteiger partial charge on any atom is -0.311 e. The van der Waals surface area contributed by atoms with Crippen molar-refractivity contribution in [2.24, 2.45) is 0 Å². The van der Waals surface area contributed by atoms with Crippen LogP contribution < -0.4 is 5.32 Å². The minimum absolute atomic E-state index is 0.804. The van der Waals surface area contributed by atoms with Gasteiger partial charge in [-0.3, -0.25) is 0 Å². The molecule has 98 valence electrons. The molecule has 0 amide bonds. The van der Waals surface area contributed by atoms with Crippen LogP contribution in [0.15, 0.2) is 18.3 Å². The molecule has 5 heteroatoms. The maximum Gasteiger partial charge on any atom is 0.0964 e. The van der Waals surface area contributed by atoms with Gasteiger partial charge in [0.25, 0.3) is 0 Å². The molecular weight excluding hydrogens is 244 g/mol. The van der Waals surface area contributed by atoms with Gasteiger partial charge in [0, 0.05) is 16.3 Å². The molecule has 0 saturated carbocycles. The zero-order chi connectivity index (χ0) is 12.8. The van der Waals surface area contributed by atoms with Crippen LogP contribution in [0.25, 0.3) is 0 Å². The molecule has 0 spiro atoms. The third-order valence-corrected chi connectivity index (χ3v) is 3.92. The number of hydrogen-bond acceptors (Lipinski definition) is 4. The third-order valence-electron chi connectivity index (χ3n) is 2.70. The second kappa shape index (κ2) is 6.66. The summed E-state index contributed by atoms with van der Waals surface area (Å²) in [6.07, 6.45) is 4.27. The molecule has 4 nitrogen and oxygen atoms in total. The van der Waals surface area contributed by atoms with Gasteiger partial charge in [0.2, 0.25) is 0 Å². The first kappa shape index (κ1) is 13.2. The third kappa shape index (κ3) is 3.65. The Labute approximate surface area is 112 Å². The fraction of sp³-hybridized carbons (Fsp3) is 0.538. The van der Waals surface area contributed by atoms with Gasteiger partial charge in [-0.1, -0.05) is 19.1 Å². The Morgan fingerprint density at radius 2 is 2.11 bits per heavy atom. The van der Waals surface area contributed by atoms with Crippen molar-refractivity contribution in [2.45, 2.75) is 39.8 Å².